The molecule has 0 spiro atoms. The van der Waals surface area contributed by atoms with Crippen molar-refractivity contribution in [3.05, 3.63) is 30.1 Å². The maximum Gasteiger partial charge on any atom is 0.230 e. The highest BCUT2D eigenvalue weighted by atomic mass is 32.2. The van der Waals surface area contributed by atoms with Crippen LogP contribution < -0.4 is 5.32 Å². The number of thioether (sulfide) groups is 1. The van der Waals surface area contributed by atoms with Gasteiger partial charge in [0, 0.05) is 6.04 Å². The van der Waals surface area contributed by atoms with Gasteiger partial charge in [0.15, 0.2) is 0 Å². The van der Waals surface area contributed by atoms with Crippen LogP contribution in [0.15, 0.2) is 29.4 Å². The van der Waals surface area contributed by atoms with Gasteiger partial charge in [-0.25, -0.2) is 4.39 Å². The minimum Gasteiger partial charge on any atom is -0.353 e. The summed E-state index contributed by atoms with van der Waals surface area (Å²) >= 11 is 1.21. The minimum atomic E-state index is -0.367. The summed E-state index contributed by atoms with van der Waals surface area (Å²) in [5.41, 5.74) is 0.518. The number of halogens is 1. The number of benzene rings is 1. The number of hydrogen-bond acceptors (Lipinski definition) is 5. The van der Waals surface area contributed by atoms with E-state index in [0.717, 1.165) is 6.42 Å². The van der Waals surface area contributed by atoms with Crippen LogP contribution in [0.25, 0.3) is 5.69 Å². The molecule has 0 radical (unpaired) electrons. The quantitative estimate of drug-likeness (QED) is 0.824. The third-order valence-corrected chi connectivity index (χ3v) is 3.77. The summed E-state index contributed by atoms with van der Waals surface area (Å²) in [7, 11) is 0. The predicted molar refractivity (Wildman–Crippen MR) is 77.7 cm³/mol. The van der Waals surface area contributed by atoms with Gasteiger partial charge in [-0.1, -0.05) is 24.8 Å². The first-order chi connectivity index (χ1) is 10.1. The molecule has 0 saturated carbocycles. The molecule has 112 valence electrons. The molecule has 1 amide bonds. The van der Waals surface area contributed by atoms with E-state index in [0.29, 0.717) is 10.8 Å². The molecule has 1 aromatic carbocycles. The highest BCUT2D eigenvalue weighted by Crippen LogP contribution is 2.18. The molecule has 1 atom stereocenters. The van der Waals surface area contributed by atoms with E-state index in [1.807, 2.05) is 13.8 Å². The molecular weight excluding hydrogens is 293 g/mol. The second kappa shape index (κ2) is 7.16. The molecule has 6 nitrogen and oxygen atoms in total. The van der Waals surface area contributed by atoms with E-state index in [-0.39, 0.29) is 23.5 Å². The maximum atomic E-state index is 13.2. The Morgan fingerprint density at radius 2 is 2.33 bits per heavy atom. The monoisotopic (exact) mass is 309 g/mol. The van der Waals surface area contributed by atoms with E-state index in [2.05, 4.69) is 20.8 Å². The number of amides is 1. The third kappa shape index (κ3) is 4.25. The maximum absolute atomic E-state index is 13.2. The van der Waals surface area contributed by atoms with Crippen LogP contribution in [-0.4, -0.2) is 37.9 Å². The summed E-state index contributed by atoms with van der Waals surface area (Å²) in [4.78, 5) is 11.7. The molecule has 21 heavy (non-hydrogen) atoms. The lowest BCUT2D eigenvalue weighted by Gasteiger charge is -2.10. The van der Waals surface area contributed by atoms with Crippen LogP contribution in [0.1, 0.15) is 20.3 Å². The van der Waals surface area contributed by atoms with Gasteiger partial charge in [-0.15, -0.1) is 5.10 Å². The molecule has 0 fully saturated rings. The van der Waals surface area contributed by atoms with Crippen LogP contribution in [0, 0.1) is 5.82 Å². The van der Waals surface area contributed by atoms with Gasteiger partial charge in [0.1, 0.15) is 5.82 Å². The predicted octanol–water partition coefficient (Wildman–Crippen LogP) is 1.81. The summed E-state index contributed by atoms with van der Waals surface area (Å²) in [5.74, 6) is -0.239. The molecule has 0 aliphatic carbocycles. The number of aromatic nitrogens is 4. The lowest BCUT2D eigenvalue weighted by Crippen LogP contribution is -2.33. The largest absolute Gasteiger partial charge is 0.353 e. The number of nitrogens with zero attached hydrogens (tertiary/aromatic N) is 4. The van der Waals surface area contributed by atoms with Crippen LogP contribution in [0.4, 0.5) is 4.39 Å². The fourth-order valence-electron chi connectivity index (χ4n) is 1.59. The molecule has 2 rings (SSSR count). The Balaban J connectivity index is 2.03. The van der Waals surface area contributed by atoms with Gasteiger partial charge >= 0.3 is 0 Å². The summed E-state index contributed by atoms with van der Waals surface area (Å²) in [6, 6.07) is 6.09. The van der Waals surface area contributed by atoms with Gasteiger partial charge in [0.25, 0.3) is 0 Å². The molecule has 8 heteroatoms. The summed E-state index contributed by atoms with van der Waals surface area (Å²) in [5, 5.41) is 14.6. The number of carbonyl (C=O) groups is 1. The first-order valence-electron chi connectivity index (χ1n) is 6.56. The van der Waals surface area contributed by atoms with Gasteiger partial charge in [0.05, 0.1) is 11.4 Å². The zero-order chi connectivity index (χ0) is 15.2. The first kappa shape index (κ1) is 15.4. The lowest BCUT2D eigenvalue weighted by atomic mass is 10.3. The van der Waals surface area contributed by atoms with E-state index < -0.39 is 0 Å². The average Bonchev–Trinajstić information content (AvgIpc) is 2.93. The van der Waals surface area contributed by atoms with Crippen molar-refractivity contribution in [3.63, 3.8) is 0 Å². The minimum absolute atomic E-state index is 0.0804. The summed E-state index contributed by atoms with van der Waals surface area (Å²) in [6.07, 6.45) is 0.872. The Kier molecular flexibility index (Phi) is 5.26. The Labute approximate surface area is 126 Å². The van der Waals surface area contributed by atoms with Gasteiger partial charge in [-0.3, -0.25) is 4.79 Å². The fourth-order valence-corrected chi connectivity index (χ4v) is 2.29. The second-order valence-corrected chi connectivity index (χ2v) is 5.46. The second-order valence-electron chi connectivity index (χ2n) is 4.52. The van der Waals surface area contributed by atoms with E-state index in [1.54, 1.807) is 12.1 Å². The van der Waals surface area contributed by atoms with Crippen molar-refractivity contribution in [2.45, 2.75) is 31.5 Å². The molecule has 1 aromatic heterocycles. The summed E-state index contributed by atoms with van der Waals surface area (Å²) in [6.45, 7) is 3.95. The van der Waals surface area contributed by atoms with Crippen molar-refractivity contribution in [1.29, 1.82) is 0 Å². The molecule has 1 N–H and O–H groups in total. The third-order valence-electron chi connectivity index (χ3n) is 2.85. The molecule has 1 unspecified atom stereocenters. The van der Waals surface area contributed by atoms with Crippen molar-refractivity contribution in [2.24, 2.45) is 0 Å². The SMILES string of the molecule is CCC(C)NC(=O)CSc1nnnn1-c1cccc(F)c1. The number of nitrogens with one attached hydrogen (secondary N) is 1. The smallest absolute Gasteiger partial charge is 0.230 e. The van der Waals surface area contributed by atoms with Crippen LogP contribution in [0.3, 0.4) is 0 Å². The zero-order valence-electron chi connectivity index (χ0n) is 11.8. The van der Waals surface area contributed by atoms with Crippen molar-refractivity contribution < 1.29 is 9.18 Å². The number of hydrogen-bond donors (Lipinski definition) is 1. The van der Waals surface area contributed by atoms with Crippen LogP contribution in [0.2, 0.25) is 0 Å². The van der Waals surface area contributed by atoms with Gasteiger partial charge < -0.3 is 5.32 Å². The Morgan fingerprint density at radius 1 is 1.52 bits per heavy atom. The standard InChI is InChI=1S/C13H16FN5OS/c1-3-9(2)15-12(20)8-21-13-16-17-18-19(13)11-6-4-5-10(14)7-11/h4-7,9H,3,8H2,1-2H3,(H,15,20). The zero-order valence-corrected chi connectivity index (χ0v) is 12.6. The average molecular weight is 309 g/mol. The molecule has 2 aromatic rings. The molecular formula is C13H16FN5OS. The molecule has 1 heterocycles. The number of rotatable bonds is 6. The Hall–Kier alpha value is -1.96. The lowest BCUT2D eigenvalue weighted by molar-refractivity contribution is -0.119. The van der Waals surface area contributed by atoms with Crippen LogP contribution in [0.5, 0.6) is 0 Å². The fraction of sp³-hybridized carbons (Fsp3) is 0.385. The van der Waals surface area contributed by atoms with Gasteiger partial charge in [0.2, 0.25) is 11.1 Å². The molecule has 0 aliphatic heterocycles. The topological polar surface area (TPSA) is 72.7 Å². The van der Waals surface area contributed by atoms with Crippen molar-refractivity contribution in [1.82, 2.24) is 25.5 Å². The highest BCUT2D eigenvalue weighted by molar-refractivity contribution is 7.99. The summed E-state index contributed by atoms with van der Waals surface area (Å²) < 4.78 is 14.6. The number of carbonyl (C=O) groups excluding carboxylic acids is 1. The normalized spacial score (nSPS) is 12.1. The van der Waals surface area contributed by atoms with Crippen molar-refractivity contribution in [2.75, 3.05) is 5.75 Å². The highest BCUT2D eigenvalue weighted by Gasteiger charge is 2.12. The van der Waals surface area contributed by atoms with E-state index in [4.69, 9.17) is 0 Å². The molecule has 0 saturated heterocycles. The van der Waals surface area contributed by atoms with Crippen LogP contribution >= 0.6 is 11.8 Å². The van der Waals surface area contributed by atoms with E-state index in [9.17, 15) is 9.18 Å². The van der Waals surface area contributed by atoms with Crippen molar-refractivity contribution >= 4 is 17.7 Å². The van der Waals surface area contributed by atoms with Crippen LogP contribution in [-0.2, 0) is 4.79 Å². The van der Waals surface area contributed by atoms with Crippen molar-refractivity contribution in [3.8, 4) is 5.69 Å². The Bertz CT molecular complexity index is 618. The van der Waals surface area contributed by atoms with Gasteiger partial charge in [-0.05, 0) is 42.0 Å². The first-order valence-corrected chi connectivity index (χ1v) is 7.55. The molecule has 0 bridgehead atoms. The van der Waals surface area contributed by atoms with Gasteiger partial charge in [-0.2, -0.15) is 4.68 Å². The molecule has 0 aliphatic rings. The van der Waals surface area contributed by atoms with E-state index >= 15 is 0 Å². The Morgan fingerprint density at radius 3 is 3.05 bits per heavy atom. The van der Waals surface area contributed by atoms with E-state index in [1.165, 1.54) is 28.6 Å². The number of tetrazole rings is 1.